The fourth-order valence-electron chi connectivity index (χ4n) is 2.46. The third kappa shape index (κ3) is 1.35. The molecule has 3 rings (SSSR count). The molecule has 86 valence electrons. The van der Waals surface area contributed by atoms with Crippen LogP contribution in [0.25, 0.3) is 0 Å². The average molecular weight is 220 g/mol. The third-order valence-electron chi connectivity index (χ3n) is 3.71. The highest BCUT2D eigenvalue weighted by molar-refractivity contribution is 5.95. The number of nitrogens with zero attached hydrogens (tertiary/aromatic N) is 2. The van der Waals surface area contributed by atoms with Crippen LogP contribution in [0.2, 0.25) is 0 Å². The molecule has 2 aliphatic rings. The summed E-state index contributed by atoms with van der Waals surface area (Å²) in [5.74, 6) is 0.690. The molecule has 0 radical (unpaired) electrons. The molecular weight excluding hydrogens is 204 g/mol. The van der Waals surface area contributed by atoms with Crippen LogP contribution in [0, 0.1) is 12.8 Å². The predicted octanol–water partition coefficient (Wildman–Crippen LogP) is 0.281. The lowest BCUT2D eigenvalue weighted by atomic mass is 9.85. The smallest absolute Gasteiger partial charge is 0.257 e. The molecule has 1 saturated heterocycles. The number of likely N-dealkylation sites (tertiary alicyclic amines) is 1. The van der Waals surface area contributed by atoms with Gasteiger partial charge in [-0.05, 0) is 25.7 Å². The van der Waals surface area contributed by atoms with Crippen molar-refractivity contribution < 1.29 is 4.79 Å². The lowest BCUT2D eigenvalue weighted by Crippen LogP contribution is -2.69. The van der Waals surface area contributed by atoms with E-state index in [9.17, 15) is 4.79 Å². The predicted molar refractivity (Wildman–Crippen MR) is 58.9 cm³/mol. The number of hydrogen-bond acceptors (Lipinski definition) is 3. The van der Waals surface area contributed by atoms with Crippen molar-refractivity contribution in [3.05, 3.63) is 17.5 Å². The van der Waals surface area contributed by atoms with E-state index in [-0.39, 0.29) is 11.4 Å². The summed E-state index contributed by atoms with van der Waals surface area (Å²) >= 11 is 0. The first-order valence-corrected chi connectivity index (χ1v) is 5.68. The van der Waals surface area contributed by atoms with Gasteiger partial charge in [0.2, 0.25) is 0 Å². The molecule has 1 aliphatic heterocycles. The molecule has 0 atom stereocenters. The van der Waals surface area contributed by atoms with Crippen molar-refractivity contribution in [3.63, 3.8) is 0 Å². The van der Waals surface area contributed by atoms with Gasteiger partial charge < -0.3 is 10.6 Å². The van der Waals surface area contributed by atoms with E-state index in [4.69, 9.17) is 5.73 Å². The molecule has 0 aromatic carbocycles. The minimum Gasteiger partial charge on any atom is -0.335 e. The van der Waals surface area contributed by atoms with Crippen molar-refractivity contribution in [2.75, 3.05) is 13.1 Å². The Morgan fingerprint density at radius 3 is 2.81 bits per heavy atom. The number of hydrogen-bond donors (Lipinski definition) is 2. The Labute approximate surface area is 94.0 Å². The molecular formula is C11H16N4O. The summed E-state index contributed by atoms with van der Waals surface area (Å²) in [5.41, 5.74) is 7.60. The molecule has 1 aliphatic carbocycles. The summed E-state index contributed by atoms with van der Waals surface area (Å²) in [5, 5.41) is 6.64. The van der Waals surface area contributed by atoms with Crippen molar-refractivity contribution in [2.45, 2.75) is 25.3 Å². The summed E-state index contributed by atoms with van der Waals surface area (Å²) in [6.07, 6.45) is 4.04. The standard InChI is InChI=1S/C11H16N4O/c1-7-9(4-13-14-7)10(16)15-5-11(12,6-15)8-2-3-8/h4,8H,2-3,5-6,12H2,1H3,(H,13,14). The van der Waals surface area contributed by atoms with Crippen molar-refractivity contribution in [2.24, 2.45) is 11.7 Å². The van der Waals surface area contributed by atoms with Crippen molar-refractivity contribution in [3.8, 4) is 0 Å². The van der Waals surface area contributed by atoms with E-state index in [1.165, 1.54) is 12.8 Å². The minimum absolute atomic E-state index is 0.0491. The van der Waals surface area contributed by atoms with Gasteiger partial charge in [-0.3, -0.25) is 9.89 Å². The van der Waals surface area contributed by atoms with Crippen LogP contribution in [0.3, 0.4) is 0 Å². The SMILES string of the molecule is Cc1[nH]ncc1C(=O)N1CC(N)(C2CC2)C1. The number of nitrogens with two attached hydrogens (primary N) is 1. The number of aromatic amines is 1. The maximum Gasteiger partial charge on any atom is 0.257 e. The highest BCUT2D eigenvalue weighted by Gasteiger charge is 2.51. The minimum atomic E-state index is -0.104. The van der Waals surface area contributed by atoms with Gasteiger partial charge in [-0.25, -0.2) is 0 Å². The molecule has 5 heteroatoms. The fraction of sp³-hybridized carbons (Fsp3) is 0.636. The number of aromatic nitrogens is 2. The second-order valence-corrected chi connectivity index (χ2v) is 5.08. The first-order chi connectivity index (χ1) is 7.60. The zero-order chi connectivity index (χ0) is 11.3. The zero-order valence-corrected chi connectivity index (χ0v) is 9.36. The molecule has 2 fully saturated rings. The highest BCUT2D eigenvalue weighted by atomic mass is 16.2. The number of carbonyl (C=O) groups is 1. The summed E-state index contributed by atoms with van der Waals surface area (Å²) in [7, 11) is 0. The Kier molecular flexibility index (Phi) is 1.89. The van der Waals surface area contributed by atoms with Crippen molar-refractivity contribution >= 4 is 5.91 Å². The molecule has 0 bridgehead atoms. The topological polar surface area (TPSA) is 75.0 Å². The van der Waals surface area contributed by atoms with Gasteiger partial charge in [0, 0.05) is 18.8 Å². The number of rotatable bonds is 2. The van der Waals surface area contributed by atoms with Crippen LogP contribution in [0.15, 0.2) is 6.20 Å². The maximum absolute atomic E-state index is 12.1. The van der Waals surface area contributed by atoms with Gasteiger partial charge in [0.1, 0.15) is 0 Å². The Hall–Kier alpha value is -1.36. The van der Waals surface area contributed by atoms with Crippen LogP contribution in [0.5, 0.6) is 0 Å². The van der Waals surface area contributed by atoms with Crippen molar-refractivity contribution in [1.29, 1.82) is 0 Å². The second-order valence-electron chi connectivity index (χ2n) is 5.08. The van der Waals surface area contributed by atoms with Gasteiger partial charge in [0.25, 0.3) is 5.91 Å². The van der Waals surface area contributed by atoms with E-state index in [0.29, 0.717) is 24.6 Å². The second kappa shape index (κ2) is 3.07. The largest absolute Gasteiger partial charge is 0.335 e. The lowest BCUT2D eigenvalue weighted by molar-refractivity contribution is 0.0350. The monoisotopic (exact) mass is 220 g/mol. The number of carbonyl (C=O) groups excluding carboxylic acids is 1. The van der Waals surface area contributed by atoms with Crippen LogP contribution in [-0.2, 0) is 0 Å². The molecule has 1 saturated carbocycles. The van der Waals surface area contributed by atoms with Crippen LogP contribution in [-0.4, -0.2) is 39.6 Å². The van der Waals surface area contributed by atoms with Gasteiger partial charge in [-0.2, -0.15) is 5.10 Å². The Morgan fingerprint density at radius 1 is 1.62 bits per heavy atom. The summed E-state index contributed by atoms with van der Waals surface area (Å²) in [6.45, 7) is 3.25. The highest BCUT2D eigenvalue weighted by Crippen LogP contribution is 2.43. The number of H-pyrrole nitrogens is 1. The molecule has 1 aromatic heterocycles. The number of nitrogens with one attached hydrogen (secondary N) is 1. The van der Waals surface area contributed by atoms with Crippen LogP contribution >= 0.6 is 0 Å². The van der Waals surface area contributed by atoms with E-state index < -0.39 is 0 Å². The number of aryl methyl sites for hydroxylation is 1. The molecule has 16 heavy (non-hydrogen) atoms. The van der Waals surface area contributed by atoms with Crippen LogP contribution in [0.4, 0.5) is 0 Å². The third-order valence-corrected chi connectivity index (χ3v) is 3.71. The van der Waals surface area contributed by atoms with E-state index in [0.717, 1.165) is 5.69 Å². The molecule has 0 spiro atoms. The Balaban J connectivity index is 1.68. The molecule has 2 heterocycles. The van der Waals surface area contributed by atoms with E-state index in [1.54, 1.807) is 6.20 Å². The van der Waals surface area contributed by atoms with Crippen LogP contribution < -0.4 is 5.73 Å². The molecule has 1 amide bonds. The van der Waals surface area contributed by atoms with Crippen LogP contribution in [0.1, 0.15) is 28.9 Å². The van der Waals surface area contributed by atoms with Gasteiger partial charge in [-0.1, -0.05) is 0 Å². The molecule has 1 aromatic rings. The van der Waals surface area contributed by atoms with E-state index in [2.05, 4.69) is 10.2 Å². The summed E-state index contributed by atoms with van der Waals surface area (Å²) in [4.78, 5) is 13.9. The Bertz CT molecular complexity index is 429. The molecule has 0 unspecified atom stereocenters. The lowest BCUT2D eigenvalue weighted by Gasteiger charge is -2.48. The van der Waals surface area contributed by atoms with Gasteiger partial charge in [-0.15, -0.1) is 0 Å². The van der Waals surface area contributed by atoms with Crippen molar-refractivity contribution in [1.82, 2.24) is 15.1 Å². The van der Waals surface area contributed by atoms with Gasteiger partial charge in [0.15, 0.2) is 0 Å². The maximum atomic E-state index is 12.1. The average Bonchev–Trinajstić information content (AvgIpc) is 2.97. The van der Waals surface area contributed by atoms with Gasteiger partial charge >= 0.3 is 0 Å². The molecule has 5 nitrogen and oxygen atoms in total. The first kappa shape index (κ1) is 9.84. The van der Waals surface area contributed by atoms with Gasteiger partial charge in [0.05, 0.1) is 17.3 Å². The van der Waals surface area contributed by atoms with E-state index >= 15 is 0 Å². The normalized spacial score (nSPS) is 23.0. The fourth-order valence-corrected chi connectivity index (χ4v) is 2.46. The van der Waals surface area contributed by atoms with E-state index in [1.807, 2.05) is 11.8 Å². The molecule has 3 N–H and O–H groups in total. The quantitative estimate of drug-likeness (QED) is 0.751. The zero-order valence-electron chi connectivity index (χ0n) is 9.36. The number of amides is 1. The first-order valence-electron chi connectivity index (χ1n) is 5.68. The summed E-state index contributed by atoms with van der Waals surface area (Å²) < 4.78 is 0. The summed E-state index contributed by atoms with van der Waals surface area (Å²) in [6, 6.07) is 0. The Morgan fingerprint density at radius 2 is 2.31 bits per heavy atom.